The maximum Gasteiger partial charge on any atom is 0.206 e. The van der Waals surface area contributed by atoms with Gasteiger partial charge in [0.1, 0.15) is 0 Å². The number of thiophene rings is 1. The summed E-state index contributed by atoms with van der Waals surface area (Å²) in [5, 5.41) is 9.89. The molecule has 2 rings (SSSR count). The van der Waals surface area contributed by atoms with Crippen molar-refractivity contribution in [2.24, 2.45) is 0 Å². The highest BCUT2D eigenvalue weighted by atomic mass is 32.1. The second kappa shape index (κ2) is 4.59. The van der Waals surface area contributed by atoms with Gasteiger partial charge in [-0.15, -0.1) is 11.3 Å². The molecule has 0 unspecified atom stereocenters. The molecule has 0 atom stereocenters. The smallest absolute Gasteiger partial charge is 0.206 e. The number of methoxy groups -OCH3 is 1. The molecule has 1 N–H and O–H groups in total. The predicted molar refractivity (Wildman–Crippen MR) is 67.1 cm³/mol. The van der Waals surface area contributed by atoms with E-state index in [0.29, 0.717) is 10.6 Å². The number of phenols is 1. The molecule has 1 aromatic heterocycles. The number of para-hydroxylation sites is 1. The van der Waals surface area contributed by atoms with Gasteiger partial charge in [0.15, 0.2) is 11.5 Å². The quantitative estimate of drug-likeness (QED) is 0.849. The highest BCUT2D eigenvalue weighted by Gasteiger charge is 2.17. The van der Waals surface area contributed by atoms with Crippen molar-refractivity contribution in [3.63, 3.8) is 0 Å². The third kappa shape index (κ3) is 2.17. The molecule has 0 saturated carbocycles. The zero-order valence-corrected chi connectivity index (χ0v) is 10.4. The molecule has 0 spiro atoms. The van der Waals surface area contributed by atoms with Gasteiger partial charge in [0.05, 0.1) is 17.6 Å². The third-order valence-electron chi connectivity index (χ3n) is 2.43. The molecule has 88 valence electrons. The van der Waals surface area contributed by atoms with E-state index in [0.717, 1.165) is 4.88 Å². The number of ether oxygens (including phenoxy) is 1. The second-order valence-electron chi connectivity index (χ2n) is 3.60. The summed E-state index contributed by atoms with van der Waals surface area (Å²) >= 11 is 1.41. The van der Waals surface area contributed by atoms with Crippen molar-refractivity contribution in [1.82, 2.24) is 0 Å². The van der Waals surface area contributed by atoms with Gasteiger partial charge in [-0.05, 0) is 31.2 Å². The molecule has 0 fully saturated rings. The maximum atomic E-state index is 12.1. The Balaban J connectivity index is 2.44. The van der Waals surface area contributed by atoms with E-state index >= 15 is 0 Å². The van der Waals surface area contributed by atoms with E-state index in [4.69, 9.17) is 4.74 Å². The summed E-state index contributed by atoms with van der Waals surface area (Å²) < 4.78 is 4.98. The van der Waals surface area contributed by atoms with Crippen LogP contribution in [0.3, 0.4) is 0 Å². The Bertz CT molecular complexity index is 558. The SMILES string of the molecule is COc1cccc(C(=O)c2ccc(C)s2)c1O. The minimum Gasteiger partial charge on any atom is -0.504 e. The number of aryl methyl sites for hydroxylation is 1. The number of hydrogen-bond acceptors (Lipinski definition) is 4. The minimum absolute atomic E-state index is 0.106. The topological polar surface area (TPSA) is 46.5 Å². The van der Waals surface area contributed by atoms with E-state index < -0.39 is 0 Å². The molecule has 0 aliphatic carbocycles. The summed E-state index contributed by atoms with van der Waals surface area (Å²) in [6.45, 7) is 1.94. The molecule has 0 radical (unpaired) electrons. The lowest BCUT2D eigenvalue weighted by molar-refractivity contribution is 0.103. The molecular formula is C13H12O3S. The van der Waals surface area contributed by atoms with Crippen molar-refractivity contribution in [3.8, 4) is 11.5 Å². The lowest BCUT2D eigenvalue weighted by Crippen LogP contribution is -1.99. The fourth-order valence-corrected chi connectivity index (χ4v) is 2.38. The summed E-state index contributed by atoms with van der Waals surface area (Å²) in [6.07, 6.45) is 0. The molecule has 4 heteroatoms. The second-order valence-corrected chi connectivity index (χ2v) is 4.88. The molecule has 0 aliphatic rings. The van der Waals surface area contributed by atoms with Crippen molar-refractivity contribution in [3.05, 3.63) is 45.6 Å². The molecule has 0 saturated heterocycles. The summed E-state index contributed by atoms with van der Waals surface area (Å²) in [7, 11) is 1.46. The maximum absolute atomic E-state index is 12.1. The Labute approximate surface area is 103 Å². The number of aromatic hydroxyl groups is 1. The van der Waals surface area contributed by atoms with Crippen LogP contribution in [-0.2, 0) is 0 Å². The molecule has 0 aliphatic heterocycles. The number of ketones is 1. The Morgan fingerprint density at radius 3 is 2.65 bits per heavy atom. The first-order valence-corrected chi connectivity index (χ1v) is 5.92. The van der Waals surface area contributed by atoms with Crippen LogP contribution >= 0.6 is 11.3 Å². The lowest BCUT2D eigenvalue weighted by Gasteiger charge is -2.06. The number of carbonyl (C=O) groups is 1. The first kappa shape index (κ1) is 11.7. The predicted octanol–water partition coefficient (Wildman–Crippen LogP) is 3.00. The van der Waals surface area contributed by atoms with Crippen molar-refractivity contribution in [1.29, 1.82) is 0 Å². The molecule has 3 nitrogen and oxygen atoms in total. The molecule has 1 heterocycles. The van der Waals surface area contributed by atoms with Gasteiger partial charge >= 0.3 is 0 Å². The van der Waals surface area contributed by atoms with Gasteiger partial charge in [0.2, 0.25) is 5.78 Å². The summed E-state index contributed by atoms with van der Waals surface area (Å²) in [6, 6.07) is 8.55. The molecule has 0 amide bonds. The normalized spacial score (nSPS) is 10.2. The Kier molecular flexibility index (Phi) is 3.15. The average Bonchev–Trinajstić information content (AvgIpc) is 2.75. The van der Waals surface area contributed by atoms with Crippen LogP contribution in [0.4, 0.5) is 0 Å². The van der Waals surface area contributed by atoms with Crippen LogP contribution in [0.15, 0.2) is 30.3 Å². The fourth-order valence-electron chi connectivity index (χ4n) is 1.56. The monoisotopic (exact) mass is 248 g/mol. The van der Waals surface area contributed by atoms with Crippen LogP contribution in [0.5, 0.6) is 11.5 Å². The van der Waals surface area contributed by atoms with Gasteiger partial charge in [0, 0.05) is 4.88 Å². The van der Waals surface area contributed by atoms with Crippen LogP contribution < -0.4 is 4.74 Å². The first-order chi connectivity index (χ1) is 8.13. The van der Waals surface area contributed by atoms with Crippen molar-refractivity contribution < 1.29 is 14.6 Å². The van der Waals surface area contributed by atoms with Gasteiger partial charge in [-0.1, -0.05) is 6.07 Å². The lowest BCUT2D eigenvalue weighted by atomic mass is 10.1. The van der Waals surface area contributed by atoms with Crippen molar-refractivity contribution in [2.45, 2.75) is 6.92 Å². The number of phenolic OH excluding ortho intramolecular Hbond substituents is 1. The van der Waals surface area contributed by atoms with Crippen LogP contribution in [-0.4, -0.2) is 18.0 Å². The molecule has 17 heavy (non-hydrogen) atoms. The minimum atomic E-state index is -0.181. The van der Waals surface area contributed by atoms with E-state index in [1.54, 1.807) is 24.3 Å². The Hall–Kier alpha value is -1.81. The zero-order chi connectivity index (χ0) is 12.4. The van der Waals surface area contributed by atoms with E-state index in [1.807, 2.05) is 13.0 Å². The van der Waals surface area contributed by atoms with Crippen LogP contribution in [0, 0.1) is 6.92 Å². The number of benzene rings is 1. The van der Waals surface area contributed by atoms with Gasteiger partial charge < -0.3 is 9.84 Å². The van der Waals surface area contributed by atoms with Crippen LogP contribution in [0.25, 0.3) is 0 Å². The Morgan fingerprint density at radius 2 is 2.06 bits per heavy atom. The summed E-state index contributed by atoms with van der Waals surface area (Å²) in [5.74, 6) is 0.0229. The number of hydrogen-bond donors (Lipinski definition) is 1. The molecule has 2 aromatic rings. The largest absolute Gasteiger partial charge is 0.504 e. The van der Waals surface area contributed by atoms with Gasteiger partial charge in [-0.25, -0.2) is 0 Å². The highest BCUT2D eigenvalue weighted by molar-refractivity contribution is 7.14. The first-order valence-electron chi connectivity index (χ1n) is 5.10. The Morgan fingerprint density at radius 1 is 1.29 bits per heavy atom. The van der Waals surface area contributed by atoms with E-state index in [-0.39, 0.29) is 17.1 Å². The fraction of sp³-hybridized carbons (Fsp3) is 0.154. The van der Waals surface area contributed by atoms with Gasteiger partial charge in [-0.3, -0.25) is 4.79 Å². The van der Waals surface area contributed by atoms with E-state index in [1.165, 1.54) is 18.4 Å². The molecular weight excluding hydrogens is 236 g/mol. The third-order valence-corrected chi connectivity index (χ3v) is 3.43. The van der Waals surface area contributed by atoms with Crippen LogP contribution in [0.2, 0.25) is 0 Å². The highest BCUT2D eigenvalue weighted by Crippen LogP contribution is 2.32. The number of rotatable bonds is 3. The summed E-state index contributed by atoms with van der Waals surface area (Å²) in [4.78, 5) is 13.8. The van der Waals surface area contributed by atoms with Crippen molar-refractivity contribution >= 4 is 17.1 Å². The van der Waals surface area contributed by atoms with Crippen molar-refractivity contribution in [2.75, 3.05) is 7.11 Å². The van der Waals surface area contributed by atoms with Gasteiger partial charge in [-0.2, -0.15) is 0 Å². The average molecular weight is 248 g/mol. The standard InChI is InChI=1S/C13H12O3S/c1-8-6-7-11(17-8)13(15)9-4-3-5-10(16-2)12(9)14/h3-7,14H,1-2H3. The van der Waals surface area contributed by atoms with E-state index in [2.05, 4.69) is 0 Å². The number of carbonyl (C=O) groups excluding carboxylic acids is 1. The molecule has 1 aromatic carbocycles. The zero-order valence-electron chi connectivity index (χ0n) is 9.56. The van der Waals surface area contributed by atoms with Crippen LogP contribution in [0.1, 0.15) is 20.1 Å². The van der Waals surface area contributed by atoms with Gasteiger partial charge in [0.25, 0.3) is 0 Å². The summed E-state index contributed by atoms with van der Waals surface area (Å²) in [5.41, 5.74) is 0.270. The van der Waals surface area contributed by atoms with E-state index in [9.17, 15) is 9.90 Å². The molecule has 0 bridgehead atoms.